The molecular formula is C39H44BrClN4O4S. The average molecular weight is 780 g/mol. The van der Waals surface area contributed by atoms with E-state index in [2.05, 4.69) is 66.3 Å². The molecule has 264 valence electrons. The minimum Gasteiger partial charge on any atom is -0.490 e. The van der Waals surface area contributed by atoms with Gasteiger partial charge < -0.3 is 19.5 Å². The van der Waals surface area contributed by atoms with Crippen LogP contribution in [0.4, 0.5) is 5.95 Å². The van der Waals surface area contributed by atoms with Gasteiger partial charge in [-0.05, 0) is 101 Å². The van der Waals surface area contributed by atoms with Crippen molar-refractivity contribution in [2.45, 2.75) is 102 Å². The predicted molar refractivity (Wildman–Crippen MR) is 203 cm³/mol. The van der Waals surface area contributed by atoms with Gasteiger partial charge in [-0.3, -0.25) is 0 Å². The number of benzene rings is 3. The Morgan fingerprint density at radius 3 is 2.50 bits per heavy atom. The fourth-order valence-corrected chi connectivity index (χ4v) is 8.01. The molecule has 1 fully saturated rings. The molecule has 1 saturated carbocycles. The van der Waals surface area contributed by atoms with Crippen LogP contribution >= 0.6 is 39.3 Å². The van der Waals surface area contributed by atoms with E-state index in [1.807, 2.05) is 50.2 Å². The van der Waals surface area contributed by atoms with Crippen molar-refractivity contribution in [1.29, 1.82) is 0 Å². The number of rotatable bonds is 11. The summed E-state index contributed by atoms with van der Waals surface area (Å²) < 4.78 is 21.2. The summed E-state index contributed by atoms with van der Waals surface area (Å²) in [5.74, 6) is 1.94. The first-order chi connectivity index (χ1) is 24.0. The standard InChI is InChI=1S/C39H44BrClN4O4S/c1-6-47-32-21-27(20-30(40)35(32)48-22-25-16-18-28(19-17-25)39(3,4)5)34-33(36(46)49-29-13-8-7-9-14-29)24(2)42-37-43-38(44-45(34)37)50-23-26-12-10-11-15-31(26)41/h10-12,15-21,29,34H,6-9,13-14,22-23H2,1-5H3,(H,42,43,44). The number of hydrogen-bond donors (Lipinski definition) is 1. The molecule has 2 heterocycles. The molecule has 1 N–H and O–H groups in total. The third-order valence-electron chi connectivity index (χ3n) is 9.04. The Labute approximate surface area is 312 Å². The van der Waals surface area contributed by atoms with Crippen LogP contribution in [0.2, 0.25) is 5.02 Å². The summed E-state index contributed by atoms with van der Waals surface area (Å²) in [7, 11) is 0. The Kier molecular flexibility index (Phi) is 11.5. The summed E-state index contributed by atoms with van der Waals surface area (Å²) in [5.41, 5.74) is 5.32. The van der Waals surface area contributed by atoms with Crippen LogP contribution < -0.4 is 14.8 Å². The van der Waals surface area contributed by atoms with Gasteiger partial charge in [0, 0.05) is 16.5 Å². The zero-order valence-corrected chi connectivity index (χ0v) is 32.4. The molecule has 50 heavy (non-hydrogen) atoms. The highest BCUT2D eigenvalue weighted by atomic mass is 79.9. The lowest BCUT2D eigenvalue weighted by atomic mass is 9.87. The van der Waals surface area contributed by atoms with Crippen LogP contribution in [-0.2, 0) is 27.3 Å². The van der Waals surface area contributed by atoms with E-state index in [0.29, 0.717) is 62.3 Å². The van der Waals surface area contributed by atoms with Crippen molar-refractivity contribution in [3.63, 3.8) is 0 Å². The SMILES string of the molecule is CCOc1cc(C2C(C(=O)OC3CCCCC3)=C(C)Nc3nc(SCc4ccccc4Cl)nn32)cc(Br)c1OCc1ccc(C(C)(C)C)cc1. The van der Waals surface area contributed by atoms with Crippen LogP contribution in [0.1, 0.15) is 95.0 Å². The monoisotopic (exact) mass is 778 g/mol. The van der Waals surface area contributed by atoms with E-state index in [4.69, 9.17) is 35.9 Å². The van der Waals surface area contributed by atoms with Crippen LogP contribution in [0.25, 0.3) is 0 Å². The largest absolute Gasteiger partial charge is 0.490 e. The maximum atomic E-state index is 14.1. The Hall–Kier alpha value is -3.47. The molecule has 6 rings (SSSR count). The van der Waals surface area contributed by atoms with Gasteiger partial charge in [-0.15, -0.1) is 5.10 Å². The number of anilines is 1. The number of esters is 1. The average Bonchev–Trinajstić information content (AvgIpc) is 3.49. The predicted octanol–water partition coefficient (Wildman–Crippen LogP) is 10.4. The van der Waals surface area contributed by atoms with Gasteiger partial charge in [0.2, 0.25) is 11.1 Å². The summed E-state index contributed by atoms with van der Waals surface area (Å²) in [6, 6.07) is 19.5. The molecule has 0 bridgehead atoms. The second-order valence-corrected chi connectivity index (χ2v) is 16.0. The Balaban J connectivity index is 1.34. The van der Waals surface area contributed by atoms with E-state index >= 15 is 0 Å². The Morgan fingerprint density at radius 2 is 1.80 bits per heavy atom. The molecule has 0 spiro atoms. The van der Waals surface area contributed by atoms with Gasteiger partial charge >= 0.3 is 5.97 Å². The van der Waals surface area contributed by atoms with E-state index in [-0.39, 0.29) is 17.5 Å². The molecule has 0 radical (unpaired) electrons. The number of ether oxygens (including phenoxy) is 3. The number of halogens is 2. The molecule has 11 heteroatoms. The molecule has 1 unspecified atom stereocenters. The Bertz CT molecular complexity index is 1860. The minimum atomic E-state index is -0.626. The van der Waals surface area contributed by atoms with E-state index < -0.39 is 6.04 Å². The topological polar surface area (TPSA) is 87.5 Å². The van der Waals surface area contributed by atoms with Crippen molar-refractivity contribution in [2.75, 3.05) is 11.9 Å². The van der Waals surface area contributed by atoms with Crippen molar-refractivity contribution in [1.82, 2.24) is 14.8 Å². The molecule has 0 saturated heterocycles. The summed E-state index contributed by atoms with van der Waals surface area (Å²) >= 11 is 11.7. The van der Waals surface area contributed by atoms with Gasteiger partial charge in [0.15, 0.2) is 11.5 Å². The number of thioether (sulfide) groups is 1. The quantitative estimate of drug-likeness (QED) is 0.119. The lowest BCUT2D eigenvalue weighted by Crippen LogP contribution is -2.32. The number of aromatic nitrogens is 3. The van der Waals surface area contributed by atoms with Crippen molar-refractivity contribution < 1.29 is 19.0 Å². The molecule has 1 aliphatic heterocycles. The summed E-state index contributed by atoms with van der Waals surface area (Å²) in [4.78, 5) is 18.9. The lowest BCUT2D eigenvalue weighted by Gasteiger charge is -2.30. The number of carbonyl (C=O) groups is 1. The van der Waals surface area contributed by atoms with E-state index in [1.165, 1.54) is 23.7 Å². The maximum absolute atomic E-state index is 14.1. The maximum Gasteiger partial charge on any atom is 0.338 e. The lowest BCUT2D eigenvalue weighted by molar-refractivity contribution is -0.146. The summed E-state index contributed by atoms with van der Waals surface area (Å²) in [6.45, 7) is 11.2. The fraction of sp³-hybridized carbons (Fsp3) is 0.410. The number of fused-ring (bicyclic) bond motifs is 1. The van der Waals surface area contributed by atoms with Crippen molar-refractivity contribution in [2.24, 2.45) is 0 Å². The number of nitrogens with one attached hydrogen (secondary N) is 1. The van der Waals surface area contributed by atoms with Gasteiger partial charge in [-0.2, -0.15) is 4.98 Å². The molecular weight excluding hydrogens is 736 g/mol. The molecule has 1 aromatic heterocycles. The van der Waals surface area contributed by atoms with Gasteiger partial charge in [0.1, 0.15) is 18.8 Å². The molecule has 3 aromatic carbocycles. The normalized spacial score (nSPS) is 16.5. The van der Waals surface area contributed by atoms with Crippen LogP contribution in [0.5, 0.6) is 11.5 Å². The third kappa shape index (κ3) is 8.35. The van der Waals surface area contributed by atoms with Crippen LogP contribution in [0, 0.1) is 0 Å². The molecule has 8 nitrogen and oxygen atoms in total. The number of carbonyl (C=O) groups excluding carboxylic acids is 1. The molecule has 4 aromatic rings. The highest BCUT2D eigenvalue weighted by Gasteiger charge is 2.37. The minimum absolute atomic E-state index is 0.0720. The van der Waals surface area contributed by atoms with Gasteiger partial charge in [-0.1, -0.05) is 93.0 Å². The van der Waals surface area contributed by atoms with Crippen molar-refractivity contribution >= 4 is 51.2 Å². The molecule has 1 atom stereocenters. The second kappa shape index (κ2) is 15.8. The fourth-order valence-electron chi connectivity index (χ4n) is 6.33. The first kappa shape index (κ1) is 36.3. The summed E-state index contributed by atoms with van der Waals surface area (Å²) in [6.07, 6.45) is 4.93. The van der Waals surface area contributed by atoms with E-state index in [1.54, 1.807) is 4.68 Å². The first-order valence-electron chi connectivity index (χ1n) is 17.2. The number of nitrogens with zero attached hydrogens (tertiary/aromatic N) is 3. The molecule has 1 aliphatic carbocycles. The highest BCUT2D eigenvalue weighted by Crippen LogP contribution is 2.44. The first-order valence-corrected chi connectivity index (χ1v) is 19.4. The van der Waals surface area contributed by atoms with E-state index in [0.717, 1.165) is 42.4 Å². The van der Waals surface area contributed by atoms with Crippen molar-refractivity contribution in [3.05, 3.63) is 104 Å². The van der Waals surface area contributed by atoms with Gasteiger partial charge in [0.25, 0.3) is 0 Å². The van der Waals surface area contributed by atoms with Crippen molar-refractivity contribution in [3.8, 4) is 11.5 Å². The third-order valence-corrected chi connectivity index (χ3v) is 10.9. The highest BCUT2D eigenvalue weighted by molar-refractivity contribution is 9.10. The second-order valence-electron chi connectivity index (χ2n) is 13.8. The van der Waals surface area contributed by atoms with E-state index in [9.17, 15) is 4.79 Å². The number of allylic oxidation sites excluding steroid dienone is 1. The van der Waals surface area contributed by atoms with Crippen LogP contribution in [0.15, 0.2) is 81.6 Å². The van der Waals surface area contributed by atoms with Crippen LogP contribution in [-0.4, -0.2) is 33.4 Å². The molecule has 0 amide bonds. The Morgan fingerprint density at radius 1 is 1.06 bits per heavy atom. The van der Waals surface area contributed by atoms with Gasteiger partial charge in [0.05, 0.1) is 16.7 Å². The van der Waals surface area contributed by atoms with Crippen LogP contribution in [0.3, 0.4) is 0 Å². The smallest absolute Gasteiger partial charge is 0.338 e. The van der Waals surface area contributed by atoms with Gasteiger partial charge in [-0.25, -0.2) is 9.48 Å². The molecule has 2 aliphatic rings. The summed E-state index contributed by atoms with van der Waals surface area (Å²) in [5, 5.41) is 9.53. The number of hydrogen-bond acceptors (Lipinski definition) is 8. The zero-order valence-electron chi connectivity index (χ0n) is 29.2. The zero-order chi connectivity index (χ0) is 35.4.